The molecular weight excluding hydrogens is 256 g/mol. The Bertz CT molecular complexity index is 472. The Morgan fingerprint density at radius 2 is 2.35 bits per heavy atom. The van der Waals surface area contributed by atoms with Gasteiger partial charge in [-0.1, -0.05) is 6.07 Å². The van der Waals surface area contributed by atoms with Crippen LogP contribution in [0.4, 0.5) is 0 Å². The average Bonchev–Trinajstić information content (AvgIpc) is 2.93. The number of benzene rings is 1. The molecule has 0 aliphatic carbocycles. The van der Waals surface area contributed by atoms with Crippen molar-refractivity contribution in [3.05, 3.63) is 29.8 Å². The molecule has 0 spiro atoms. The van der Waals surface area contributed by atoms with Gasteiger partial charge in [-0.25, -0.2) is 0 Å². The number of hydrogen-bond donors (Lipinski definition) is 2. The van der Waals surface area contributed by atoms with Gasteiger partial charge in [0.25, 0.3) is 0 Å². The molecule has 1 aliphatic rings. The van der Waals surface area contributed by atoms with Crippen LogP contribution < -0.4 is 4.74 Å². The molecule has 2 unspecified atom stereocenters. The van der Waals surface area contributed by atoms with Gasteiger partial charge in [-0.3, -0.25) is 0 Å². The minimum absolute atomic E-state index is 0.204. The highest BCUT2D eigenvalue weighted by Gasteiger charge is 2.23. The Kier molecular flexibility index (Phi) is 5.36. The van der Waals surface area contributed by atoms with Gasteiger partial charge in [-0.15, -0.1) is 0 Å². The molecule has 2 rings (SSSR count). The molecule has 1 fully saturated rings. The maximum atomic E-state index is 9.96. The van der Waals surface area contributed by atoms with Crippen LogP contribution in [0.1, 0.15) is 12.0 Å². The van der Waals surface area contributed by atoms with Gasteiger partial charge in [-0.05, 0) is 37.1 Å². The monoisotopic (exact) mass is 276 g/mol. The Morgan fingerprint density at radius 3 is 3.05 bits per heavy atom. The Balaban J connectivity index is 1.75. The fourth-order valence-electron chi connectivity index (χ4n) is 2.43. The third-order valence-corrected chi connectivity index (χ3v) is 3.50. The number of nitrogens with zero attached hydrogens (tertiary/aromatic N) is 2. The molecule has 0 saturated carbocycles. The van der Waals surface area contributed by atoms with E-state index in [1.165, 1.54) is 0 Å². The number of ether oxygens (including phenoxy) is 1. The van der Waals surface area contributed by atoms with Crippen LogP contribution in [0.5, 0.6) is 5.75 Å². The van der Waals surface area contributed by atoms with Crippen molar-refractivity contribution in [3.63, 3.8) is 0 Å². The fourth-order valence-corrected chi connectivity index (χ4v) is 2.43. The van der Waals surface area contributed by atoms with E-state index in [1.807, 2.05) is 0 Å². The highest BCUT2D eigenvalue weighted by Crippen LogP contribution is 2.16. The highest BCUT2D eigenvalue weighted by molar-refractivity contribution is 5.36. The number of likely N-dealkylation sites (tertiary alicyclic amines) is 1. The lowest BCUT2D eigenvalue weighted by Crippen LogP contribution is -2.34. The van der Waals surface area contributed by atoms with Gasteiger partial charge >= 0.3 is 0 Å². The SMILES string of the molecule is N#Cc1cccc(OCC(O)CN2CCC(CO)C2)c1. The smallest absolute Gasteiger partial charge is 0.120 e. The van der Waals surface area contributed by atoms with Crippen molar-refractivity contribution >= 4 is 0 Å². The second-order valence-electron chi connectivity index (χ2n) is 5.20. The van der Waals surface area contributed by atoms with E-state index < -0.39 is 6.10 Å². The van der Waals surface area contributed by atoms with E-state index in [-0.39, 0.29) is 13.2 Å². The van der Waals surface area contributed by atoms with Crippen LogP contribution >= 0.6 is 0 Å². The molecule has 108 valence electrons. The summed E-state index contributed by atoms with van der Waals surface area (Å²) in [5.41, 5.74) is 0.544. The van der Waals surface area contributed by atoms with Crippen LogP contribution in [0.25, 0.3) is 0 Å². The van der Waals surface area contributed by atoms with Gasteiger partial charge in [0.1, 0.15) is 18.5 Å². The first-order valence-corrected chi connectivity index (χ1v) is 6.85. The number of nitriles is 1. The summed E-state index contributed by atoms with van der Waals surface area (Å²) >= 11 is 0. The Hall–Kier alpha value is -1.61. The molecule has 0 radical (unpaired) electrons. The molecule has 2 atom stereocenters. The van der Waals surface area contributed by atoms with Crippen molar-refractivity contribution in [1.82, 2.24) is 4.90 Å². The third kappa shape index (κ3) is 4.20. The van der Waals surface area contributed by atoms with Crippen LogP contribution in [0.3, 0.4) is 0 Å². The van der Waals surface area contributed by atoms with Crippen LogP contribution in [0, 0.1) is 17.2 Å². The fraction of sp³-hybridized carbons (Fsp3) is 0.533. The zero-order valence-corrected chi connectivity index (χ0v) is 11.4. The first-order valence-electron chi connectivity index (χ1n) is 6.85. The number of hydrogen-bond acceptors (Lipinski definition) is 5. The zero-order chi connectivity index (χ0) is 14.4. The van der Waals surface area contributed by atoms with Crippen molar-refractivity contribution in [3.8, 4) is 11.8 Å². The van der Waals surface area contributed by atoms with Crippen molar-refractivity contribution in [2.75, 3.05) is 32.8 Å². The van der Waals surface area contributed by atoms with Gasteiger partial charge in [-0.2, -0.15) is 5.26 Å². The van der Waals surface area contributed by atoms with E-state index in [2.05, 4.69) is 11.0 Å². The first-order chi connectivity index (χ1) is 9.71. The lowest BCUT2D eigenvalue weighted by atomic mass is 10.1. The van der Waals surface area contributed by atoms with Crippen LogP contribution in [0.15, 0.2) is 24.3 Å². The summed E-state index contributed by atoms with van der Waals surface area (Å²) in [6.07, 6.45) is 0.409. The lowest BCUT2D eigenvalue weighted by Gasteiger charge is -2.20. The number of aliphatic hydroxyl groups excluding tert-OH is 2. The minimum atomic E-state index is -0.571. The predicted molar refractivity (Wildman–Crippen MR) is 74.3 cm³/mol. The number of rotatable bonds is 6. The molecule has 1 saturated heterocycles. The van der Waals surface area contributed by atoms with Crippen LogP contribution in [-0.2, 0) is 0 Å². The maximum Gasteiger partial charge on any atom is 0.120 e. The molecule has 1 aromatic carbocycles. The molecule has 1 aromatic rings. The number of β-amino-alcohol motifs (C(OH)–C–C–N with tert-alkyl or cyclic N) is 1. The van der Waals surface area contributed by atoms with Crippen molar-refractivity contribution in [2.45, 2.75) is 12.5 Å². The summed E-state index contributed by atoms with van der Waals surface area (Å²) in [6, 6.07) is 8.94. The van der Waals surface area contributed by atoms with Crippen molar-refractivity contribution < 1.29 is 14.9 Å². The second-order valence-corrected chi connectivity index (χ2v) is 5.20. The summed E-state index contributed by atoms with van der Waals surface area (Å²) in [7, 11) is 0. The van der Waals surface area contributed by atoms with Crippen LogP contribution in [0.2, 0.25) is 0 Å². The summed E-state index contributed by atoms with van der Waals surface area (Å²) < 4.78 is 5.50. The second kappa shape index (κ2) is 7.25. The summed E-state index contributed by atoms with van der Waals surface area (Å²) in [5, 5.41) is 27.8. The van der Waals surface area contributed by atoms with Crippen molar-refractivity contribution in [2.24, 2.45) is 5.92 Å². The van der Waals surface area contributed by atoms with Crippen LogP contribution in [-0.4, -0.2) is 54.1 Å². The topological polar surface area (TPSA) is 76.7 Å². The molecule has 0 bridgehead atoms. The third-order valence-electron chi connectivity index (χ3n) is 3.50. The molecule has 1 aliphatic heterocycles. The van der Waals surface area contributed by atoms with Gasteiger partial charge in [0.05, 0.1) is 11.6 Å². The normalized spacial score (nSPS) is 20.6. The maximum absolute atomic E-state index is 9.96. The average molecular weight is 276 g/mol. The van der Waals surface area contributed by atoms with E-state index >= 15 is 0 Å². The zero-order valence-electron chi connectivity index (χ0n) is 11.4. The number of aliphatic hydroxyl groups is 2. The molecule has 5 nitrogen and oxygen atoms in total. The molecule has 2 N–H and O–H groups in total. The van der Waals surface area contributed by atoms with E-state index in [9.17, 15) is 5.11 Å². The molecule has 5 heteroatoms. The van der Waals surface area contributed by atoms with Gasteiger partial charge < -0.3 is 19.8 Å². The molecule has 20 heavy (non-hydrogen) atoms. The van der Waals surface area contributed by atoms with E-state index in [4.69, 9.17) is 15.1 Å². The summed E-state index contributed by atoms with van der Waals surface area (Å²) in [4.78, 5) is 2.14. The molecule has 1 heterocycles. The molecule has 0 aromatic heterocycles. The Labute approximate surface area is 119 Å². The van der Waals surface area contributed by atoms with Gasteiger partial charge in [0.2, 0.25) is 0 Å². The summed E-state index contributed by atoms with van der Waals surface area (Å²) in [5.74, 6) is 0.924. The lowest BCUT2D eigenvalue weighted by molar-refractivity contribution is 0.0735. The Morgan fingerprint density at radius 1 is 1.50 bits per heavy atom. The minimum Gasteiger partial charge on any atom is -0.491 e. The molecular formula is C15H20N2O3. The predicted octanol–water partition coefficient (Wildman–Crippen LogP) is 0.612. The van der Waals surface area contributed by atoms with Gasteiger partial charge in [0, 0.05) is 19.7 Å². The van der Waals surface area contributed by atoms with E-state index in [1.54, 1.807) is 24.3 Å². The largest absolute Gasteiger partial charge is 0.491 e. The van der Waals surface area contributed by atoms with E-state index in [0.29, 0.717) is 23.8 Å². The first kappa shape index (κ1) is 14.8. The van der Waals surface area contributed by atoms with E-state index in [0.717, 1.165) is 19.5 Å². The van der Waals surface area contributed by atoms with Gasteiger partial charge in [0.15, 0.2) is 0 Å². The quantitative estimate of drug-likeness (QED) is 0.796. The van der Waals surface area contributed by atoms with Crippen molar-refractivity contribution in [1.29, 1.82) is 5.26 Å². The highest BCUT2D eigenvalue weighted by atomic mass is 16.5. The summed E-state index contributed by atoms with van der Waals surface area (Å²) in [6.45, 7) is 2.71. The molecule has 0 amide bonds. The standard InChI is InChI=1S/C15H20N2O3/c16-7-12-2-1-3-15(6-12)20-11-14(19)9-17-5-4-13(8-17)10-18/h1-3,6,13-14,18-19H,4-5,8-11H2.